The summed E-state index contributed by atoms with van der Waals surface area (Å²) in [4.78, 5) is 0. The van der Waals surface area contributed by atoms with Crippen LogP contribution in [0.2, 0.25) is 0 Å². The zero-order valence-corrected chi connectivity index (χ0v) is 10.8. The van der Waals surface area contributed by atoms with Crippen LogP contribution in [0.5, 0.6) is 0 Å². The number of halogens is 1. The molecule has 0 bridgehead atoms. The molecule has 0 radical (unpaired) electrons. The number of rotatable bonds is 3. The van der Waals surface area contributed by atoms with Gasteiger partial charge >= 0.3 is 0 Å². The molecule has 1 aromatic heterocycles. The van der Waals surface area contributed by atoms with Gasteiger partial charge in [-0.15, -0.1) is 0 Å². The lowest BCUT2D eigenvalue weighted by Gasteiger charge is -2.05. The van der Waals surface area contributed by atoms with Crippen LogP contribution < -0.4 is 5.73 Å². The van der Waals surface area contributed by atoms with E-state index in [2.05, 4.69) is 5.10 Å². The lowest BCUT2D eigenvalue weighted by atomic mass is 10.1. The van der Waals surface area contributed by atoms with Crippen molar-refractivity contribution in [1.29, 1.82) is 0 Å². The summed E-state index contributed by atoms with van der Waals surface area (Å²) >= 11 is 0. The smallest absolute Gasteiger partial charge is 0.130 e. The van der Waals surface area contributed by atoms with Crippen molar-refractivity contribution in [3.05, 3.63) is 77.7 Å². The maximum atomic E-state index is 13.7. The van der Waals surface area contributed by atoms with E-state index in [0.29, 0.717) is 17.8 Å². The molecule has 0 aliphatic heterocycles. The zero-order chi connectivity index (χ0) is 13.9. The van der Waals surface area contributed by atoms with Crippen LogP contribution in [0, 0.1) is 5.82 Å². The van der Waals surface area contributed by atoms with E-state index < -0.39 is 0 Å². The van der Waals surface area contributed by atoms with Gasteiger partial charge in [0.05, 0.1) is 11.9 Å². The summed E-state index contributed by atoms with van der Waals surface area (Å²) in [7, 11) is 0. The summed E-state index contributed by atoms with van der Waals surface area (Å²) in [6, 6.07) is 16.3. The molecule has 0 aliphatic carbocycles. The second-order valence-electron chi connectivity index (χ2n) is 4.57. The third kappa shape index (κ3) is 2.28. The Kier molecular flexibility index (Phi) is 3.21. The van der Waals surface area contributed by atoms with Gasteiger partial charge < -0.3 is 5.73 Å². The lowest BCUT2D eigenvalue weighted by molar-refractivity contribution is 0.614. The molecule has 3 rings (SSSR count). The monoisotopic (exact) mass is 267 g/mol. The zero-order valence-electron chi connectivity index (χ0n) is 10.8. The van der Waals surface area contributed by atoms with Crippen molar-refractivity contribution in [3.63, 3.8) is 0 Å². The first-order valence-corrected chi connectivity index (χ1v) is 6.37. The standard InChI is InChI=1S/C16H14FN3/c17-15-9-5-4-6-12(15)10-13-11-19-20(16(13)18)14-7-2-1-3-8-14/h1-9,11H,10,18H2. The molecule has 0 fully saturated rings. The molecule has 1 heterocycles. The molecule has 3 aromatic rings. The van der Waals surface area contributed by atoms with Crippen molar-refractivity contribution in [2.45, 2.75) is 6.42 Å². The fourth-order valence-corrected chi connectivity index (χ4v) is 2.15. The Hall–Kier alpha value is -2.62. The Morgan fingerprint density at radius 2 is 1.65 bits per heavy atom. The number of nitrogens with zero attached hydrogens (tertiary/aromatic N) is 2. The average molecular weight is 267 g/mol. The van der Waals surface area contributed by atoms with Crippen LogP contribution in [0.25, 0.3) is 5.69 Å². The number of hydrogen-bond acceptors (Lipinski definition) is 2. The van der Waals surface area contributed by atoms with E-state index in [4.69, 9.17) is 5.73 Å². The maximum Gasteiger partial charge on any atom is 0.130 e. The summed E-state index contributed by atoms with van der Waals surface area (Å²) < 4.78 is 15.3. The van der Waals surface area contributed by atoms with Crippen LogP contribution >= 0.6 is 0 Å². The normalized spacial score (nSPS) is 10.7. The Labute approximate surface area is 116 Å². The number of nitrogen functional groups attached to an aromatic ring is 1. The number of para-hydroxylation sites is 1. The second kappa shape index (κ2) is 5.17. The highest BCUT2D eigenvalue weighted by Gasteiger charge is 2.11. The molecule has 4 heteroatoms. The van der Waals surface area contributed by atoms with Crippen molar-refractivity contribution in [2.75, 3.05) is 5.73 Å². The highest BCUT2D eigenvalue weighted by atomic mass is 19.1. The van der Waals surface area contributed by atoms with E-state index in [1.165, 1.54) is 6.07 Å². The first kappa shape index (κ1) is 12.4. The summed E-state index contributed by atoms with van der Waals surface area (Å²) in [5.74, 6) is 0.318. The van der Waals surface area contributed by atoms with Crippen LogP contribution in [-0.4, -0.2) is 9.78 Å². The highest BCUT2D eigenvalue weighted by molar-refractivity contribution is 5.48. The van der Waals surface area contributed by atoms with E-state index in [1.807, 2.05) is 36.4 Å². The van der Waals surface area contributed by atoms with Gasteiger partial charge in [-0.25, -0.2) is 9.07 Å². The van der Waals surface area contributed by atoms with E-state index in [-0.39, 0.29) is 5.82 Å². The van der Waals surface area contributed by atoms with E-state index in [9.17, 15) is 4.39 Å². The van der Waals surface area contributed by atoms with E-state index in [1.54, 1.807) is 23.0 Å². The number of anilines is 1. The quantitative estimate of drug-likeness (QED) is 0.792. The molecule has 0 atom stereocenters. The first-order chi connectivity index (χ1) is 9.75. The van der Waals surface area contributed by atoms with Gasteiger partial charge in [-0.05, 0) is 23.8 Å². The third-order valence-corrected chi connectivity index (χ3v) is 3.23. The number of nitrogens with two attached hydrogens (primary N) is 1. The molecule has 0 saturated heterocycles. The van der Waals surface area contributed by atoms with E-state index >= 15 is 0 Å². The molecule has 20 heavy (non-hydrogen) atoms. The summed E-state index contributed by atoms with van der Waals surface area (Å²) in [5.41, 5.74) is 8.44. The van der Waals surface area contributed by atoms with Gasteiger partial charge in [0.1, 0.15) is 11.6 Å². The van der Waals surface area contributed by atoms with Crippen molar-refractivity contribution in [1.82, 2.24) is 9.78 Å². The number of aromatic nitrogens is 2. The van der Waals surface area contributed by atoms with Gasteiger partial charge in [0.15, 0.2) is 0 Å². The minimum atomic E-state index is -0.223. The van der Waals surface area contributed by atoms with Gasteiger partial charge in [-0.2, -0.15) is 5.10 Å². The number of benzene rings is 2. The largest absolute Gasteiger partial charge is 0.383 e. The molecular formula is C16H14FN3. The molecule has 0 unspecified atom stereocenters. The molecular weight excluding hydrogens is 253 g/mol. The van der Waals surface area contributed by atoms with Crippen molar-refractivity contribution >= 4 is 5.82 Å². The first-order valence-electron chi connectivity index (χ1n) is 6.37. The van der Waals surface area contributed by atoms with Crippen molar-refractivity contribution in [3.8, 4) is 5.69 Å². The Bertz CT molecular complexity index is 720. The predicted molar refractivity (Wildman–Crippen MR) is 77.2 cm³/mol. The molecule has 0 spiro atoms. The van der Waals surface area contributed by atoms with E-state index in [0.717, 1.165) is 11.3 Å². The molecule has 100 valence electrons. The van der Waals surface area contributed by atoms with Crippen LogP contribution in [0.4, 0.5) is 10.2 Å². The molecule has 0 aliphatic rings. The summed E-state index contributed by atoms with van der Waals surface area (Å²) in [6.07, 6.45) is 2.13. The summed E-state index contributed by atoms with van der Waals surface area (Å²) in [6.45, 7) is 0. The van der Waals surface area contributed by atoms with Crippen LogP contribution in [0.1, 0.15) is 11.1 Å². The number of hydrogen-bond donors (Lipinski definition) is 1. The average Bonchev–Trinajstić information content (AvgIpc) is 2.84. The molecule has 2 aromatic carbocycles. The fourth-order valence-electron chi connectivity index (χ4n) is 2.15. The van der Waals surface area contributed by atoms with Crippen LogP contribution in [0.3, 0.4) is 0 Å². The molecule has 0 saturated carbocycles. The van der Waals surface area contributed by atoms with Gasteiger partial charge in [0.25, 0.3) is 0 Å². The second-order valence-corrected chi connectivity index (χ2v) is 4.57. The minimum absolute atomic E-state index is 0.223. The lowest BCUT2D eigenvalue weighted by Crippen LogP contribution is -2.03. The predicted octanol–water partition coefficient (Wildman–Crippen LogP) is 3.18. The van der Waals surface area contributed by atoms with Crippen molar-refractivity contribution in [2.24, 2.45) is 0 Å². The Morgan fingerprint density at radius 1 is 0.950 bits per heavy atom. The van der Waals surface area contributed by atoms with Crippen LogP contribution in [-0.2, 0) is 6.42 Å². The van der Waals surface area contributed by atoms with Crippen molar-refractivity contribution < 1.29 is 4.39 Å². The third-order valence-electron chi connectivity index (χ3n) is 3.23. The van der Waals surface area contributed by atoms with Gasteiger partial charge in [0.2, 0.25) is 0 Å². The molecule has 0 amide bonds. The van der Waals surface area contributed by atoms with Gasteiger partial charge in [0, 0.05) is 12.0 Å². The molecule has 3 nitrogen and oxygen atoms in total. The maximum absolute atomic E-state index is 13.7. The Balaban J connectivity index is 1.94. The highest BCUT2D eigenvalue weighted by Crippen LogP contribution is 2.21. The van der Waals surface area contributed by atoms with Crippen LogP contribution in [0.15, 0.2) is 60.8 Å². The summed E-state index contributed by atoms with van der Waals surface area (Å²) in [5, 5.41) is 4.28. The minimum Gasteiger partial charge on any atom is -0.383 e. The SMILES string of the molecule is Nc1c(Cc2ccccc2F)cnn1-c1ccccc1. The van der Waals surface area contributed by atoms with Gasteiger partial charge in [-0.3, -0.25) is 0 Å². The molecule has 2 N–H and O–H groups in total. The van der Waals surface area contributed by atoms with Gasteiger partial charge in [-0.1, -0.05) is 36.4 Å². The Morgan fingerprint density at radius 3 is 2.40 bits per heavy atom. The topological polar surface area (TPSA) is 43.8 Å². The fraction of sp³-hybridized carbons (Fsp3) is 0.0625.